The molecule has 0 aliphatic rings. The quantitative estimate of drug-likeness (QED) is 0.897. The number of benzene rings is 2. The minimum absolute atomic E-state index is 0.0278. The maximum atomic E-state index is 12.2. The molecule has 1 amide bonds. The van der Waals surface area contributed by atoms with Crippen molar-refractivity contribution < 1.29 is 4.79 Å². The van der Waals surface area contributed by atoms with E-state index in [0.29, 0.717) is 12.1 Å². The molecule has 0 aliphatic heterocycles. The van der Waals surface area contributed by atoms with Crippen molar-refractivity contribution in [3.05, 3.63) is 71.3 Å². The number of amides is 1. The SMILES string of the molecule is CC(C)(C)c1cccc(C(=O)NCc2ccccc2)c1. The van der Waals surface area contributed by atoms with Gasteiger partial charge in [-0.25, -0.2) is 0 Å². The van der Waals surface area contributed by atoms with E-state index in [1.165, 1.54) is 5.56 Å². The fraction of sp³-hybridized carbons (Fsp3) is 0.278. The van der Waals surface area contributed by atoms with Crippen LogP contribution in [0.15, 0.2) is 54.6 Å². The normalized spacial score (nSPS) is 11.2. The fourth-order valence-electron chi connectivity index (χ4n) is 2.01. The Morgan fingerprint density at radius 2 is 1.70 bits per heavy atom. The molecule has 2 nitrogen and oxygen atoms in total. The van der Waals surface area contributed by atoms with Gasteiger partial charge < -0.3 is 5.32 Å². The molecule has 20 heavy (non-hydrogen) atoms. The first-order valence-corrected chi connectivity index (χ1v) is 6.89. The van der Waals surface area contributed by atoms with E-state index in [2.05, 4.69) is 32.2 Å². The van der Waals surface area contributed by atoms with Crippen molar-refractivity contribution in [1.82, 2.24) is 5.32 Å². The van der Waals surface area contributed by atoms with Crippen molar-refractivity contribution in [2.24, 2.45) is 0 Å². The molecule has 1 N–H and O–H groups in total. The first-order valence-electron chi connectivity index (χ1n) is 6.89. The van der Waals surface area contributed by atoms with Crippen LogP contribution in [0.25, 0.3) is 0 Å². The Morgan fingerprint density at radius 1 is 1.00 bits per heavy atom. The van der Waals surface area contributed by atoms with Gasteiger partial charge in [0.15, 0.2) is 0 Å². The van der Waals surface area contributed by atoms with Gasteiger partial charge in [0.2, 0.25) is 0 Å². The smallest absolute Gasteiger partial charge is 0.251 e. The first-order chi connectivity index (χ1) is 9.47. The molecule has 0 aromatic heterocycles. The zero-order chi connectivity index (χ0) is 14.6. The van der Waals surface area contributed by atoms with Crippen molar-refractivity contribution >= 4 is 5.91 Å². The summed E-state index contributed by atoms with van der Waals surface area (Å²) in [5, 5.41) is 2.95. The molecule has 0 heterocycles. The zero-order valence-corrected chi connectivity index (χ0v) is 12.3. The summed E-state index contributed by atoms with van der Waals surface area (Å²) in [6.45, 7) is 7.00. The van der Waals surface area contributed by atoms with Crippen LogP contribution in [0.1, 0.15) is 42.3 Å². The molecule has 104 valence electrons. The molecular weight excluding hydrogens is 246 g/mol. The zero-order valence-electron chi connectivity index (χ0n) is 12.3. The molecule has 0 bridgehead atoms. The molecule has 0 atom stereocenters. The van der Waals surface area contributed by atoms with Crippen molar-refractivity contribution in [3.8, 4) is 0 Å². The summed E-state index contributed by atoms with van der Waals surface area (Å²) in [6.07, 6.45) is 0. The summed E-state index contributed by atoms with van der Waals surface area (Å²) < 4.78 is 0. The van der Waals surface area contributed by atoms with Crippen molar-refractivity contribution in [2.45, 2.75) is 32.7 Å². The highest BCUT2D eigenvalue weighted by Crippen LogP contribution is 2.22. The van der Waals surface area contributed by atoms with Crippen molar-refractivity contribution in [3.63, 3.8) is 0 Å². The molecule has 0 spiro atoms. The van der Waals surface area contributed by atoms with Gasteiger partial charge in [-0.1, -0.05) is 63.2 Å². The van der Waals surface area contributed by atoms with E-state index < -0.39 is 0 Å². The molecular formula is C18H21NO. The second kappa shape index (κ2) is 5.91. The highest BCUT2D eigenvalue weighted by molar-refractivity contribution is 5.94. The maximum absolute atomic E-state index is 12.2. The van der Waals surface area contributed by atoms with Crippen LogP contribution in [0.2, 0.25) is 0 Å². The van der Waals surface area contributed by atoms with Gasteiger partial charge in [0.25, 0.3) is 5.91 Å². The van der Waals surface area contributed by atoms with Gasteiger partial charge in [0, 0.05) is 12.1 Å². The number of rotatable bonds is 3. The maximum Gasteiger partial charge on any atom is 0.251 e. The van der Waals surface area contributed by atoms with Gasteiger partial charge in [-0.15, -0.1) is 0 Å². The highest BCUT2D eigenvalue weighted by Gasteiger charge is 2.15. The van der Waals surface area contributed by atoms with Gasteiger partial charge in [-0.2, -0.15) is 0 Å². The van der Waals surface area contributed by atoms with Crippen LogP contribution in [-0.2, 0) is 12.0 Å². The van der Waals surface area contributed by atoms with Crippen LogP contribution in [0.5, 0.6) is 0 Å². The van der Waals surface area contributed by atoms with Gasteiger partial charge in [0.05, 0.1) is 0 Å². The molecule has 0 saturated carbocycles. The number of carbonyl (C=O) groups is 1. The Morgan fingerprint density at radius 3 is 2.35 bits per heavy atom. The number of hydrogen-bond acceptors (Lipinski definition) is 1. The Kier molecular flexibility index (Phi) is 4.23. The second-order valence-electron chi connectivity index (χ2n) is 6.00. The van der Waals surface area contributed by atoms with E-state index >= 15 is 0 Å². The van der Waals surface area contributed by atoms with Crippen LogP contribution in [0, 0.1) is 0 Å². The molecule has 0 aliphatic carbocycles. The molecule has 2 rings (SSSR count). The highest BCUT2D eigenvalue weighted by atomic mass is 16.1. The summed E-state index contributed by atoms with van der Waals surface area (Å²) >= 11 is 0. The van der Waals surface area contributed by atoms with Crippen LogP contribution >= 0.6 is 0 Å². The van der Waals surface area contributed by atoms with E-state index in [-0.39, 0.29) is 11.3 Å². The molecule has 2 heteroatoms. The predicted octanol–water partition coefficient (Wildman–Crippen LogP) is 3.91. The molecule has 2 aromatic carbocycles. The van der Waals surface area contributed by atoms with Gasteiger partial charge in [-0.3, -0.25) is 4.79 Å². The summed E-state index contributed by atoms with van der Waals surface area (Å²) in [5.41, 5.74) is 3.04. The lowest BCUT2D eigenvalue weighted by molar-refractivity contribution is 0.0951. The Hall–Kier alpha value is -2.09. The fourth-order valence-corrected chi connectivity index (χ4v) is 2.01. The average Bonchev–Trinajstić information content (AvgIpc) is 2.45. The lowest BCUT2D eigenvalue weighted by atomic mass is 9.86. The van der Waals surface area contributed by atoms with Crippen LogP contribution in [-0.4, -0.2) is 5.91 Å². The first kappa shape index (κ1) is 14.3. The summed E-state index contributed by atoms with van der Waals surface area (Å²) in [7, 11) is 0. The Labute approximate surface area is 120 Å². The van der Waals surface area contributed by atoms with Gasteiger partial charge in [-0.05, 0) is 28.7 Å². The molecule has 2 aromatic rings. The Balaban J connectivity index is 2.06. The van der Waals surface area contributed by atoms with E-state index in [1.54, 1.807) is 0 Å². The van der Waals surface area contributed by atoms with Gasteiger partial charge in [0.1, 0.15) is 0 Å². The molecule has 0 fully saturated rings. The van der Waals surface area contributed by atoms with Crippen molar-refractivity contribution in [2.75, 3.05) is 0 Å². The molecule has 0 radical (unpaired) electrons. The number of hydrogen-bond donors (Lipinski definition) is 1. The molecule has 0 unspecified atom stereocenters. The third-order valence-electron chi connectivity index (χ3n) is 3.29. The van der Waals surface area contributed by atoms with Crippen LogP contribution < -0.4 is 5.32 Å². The summed E-state index contributed by atoms with van der Waals surface area (Å²) in [6, 6.07) is 17.8. The summed E-state index contributed by atoms with van der Waals surface area (Å²) in [5.74, 6) is -0.0278. The van der Waals surface area contributed by atoms with Gasteiger partial charge >= 0.3 is 0 Å². The average molecular weight is 267 g/mol. The summed E-state index contributed by atoms with van der Waals surface area (Å²) in [4.78, 5) is 12.2. The lowest BCUT2D eigenvalue weighted by Gasteiger charge is -2.19. The number of nitrogens with one attached hydrogen (secondary N) is 1. The standard InChI is InChI=1S/C18H21NO/c1-18(2,3)16-11-7-10-15(12-16)17(20)19-13-14-8-5-4-6-9-14/h4-12H,13H2,1-3H3,(H,19,20). The van der Waals surface area contributed by atoms with Crippen LogP contribution in [0.3, 0.4) is 0 Å². The monoisotopic (exact) mass is 267 g/mol. The second-order valence-corrected chi connectivity index (χ2v) is 6.00. The largest absolute Gasteiger partial charge is 0.348 e. The number of carbonyl (C=O) groups excluding carboxylic acids is 1. The minimum Gasteiger partial charge on any atom is -0.348 e. The van der Waals surface area contributed by atoms with E-state index in [0.717, 1.165) is 5.56 Å². The third-order valence-corrected chi connectivity index (χ3v) is 3.29. The van der Waals surface area contributed by atoms with E-state index in [1.807, 2.05) is 48.5 Å². The van der Waals surface area contributed by atoms with E-state index in [9.17, 15) is 4.79 Å². The third kappa shape index (κ3) is 3.70. The molecule has 0 saturated heterocycles. The van der Waals surface area contributed by atoms with Crippen molar-refractivity contribution in [1.29, 1.82) is 0 Å². The topological polar surface area (TPSA) is 29.1 Å². The van der Waals surface area contributed by atoms with Crippen LogP contribution in [0.4, 0.5) is 0 Å². The Bertz CT molecular complexity index is 582. The predicted molar refractivity (Wildman–Crippen MR) is 82.8 cm³/mol. The minimum atomic E-state index is -0.0278. The van der Waals surface area contributed by atoms with E-state index in [4.69, 9.17) is 0 Å². The lowest BCUT2D eigenvalue weighted by Crippen LogP contribution is -2.23.